The first-order chi connectivity index (χ1) is 13.1. The van der Waals surface area contributed by atoms with E-state index in [1.54, 1.807) is 11.3 Å². The molecule has 6 nitrogen and oxygen atoms in total. The maximum Gasteiger partial charge on any atom is 0.191 e. The Kier molecular flexibility index (Phi) is 12.5. The highest BCUT2D eigenvalue weighted by Gasteiger charge is 2.26. The van der Waals surface area contributed by atoms with Crippen LogP contribution in [-0.2, 0) is 11.2 Å². The number of halogens is 1. The van der Waals surface area contributed by atoms with Crippen molar-refractivity contribution in [3.05, 3.63) is 15.6 Å². The molecule has 1 aromatic heterocycles. The fourth-order valence-corrected chi connectivity index (χ4v) is 4.79. The lowest BCUT2D eigenvalue weighted by molar-refractivity contribution is 0.00272. The molecule has 0 saturated carbocycles. The molecule has 0 amide bonds. The number of hydrogen-bond donors (Lipinski definition) is 2. The third kappa shape index (κ3) is 7.76. The van der Waals surface area contributed by atoms with Crippen LogP contribution in [0.1, 0.15) is 42.3 Å². The van der Waals surface area contributed by atoms with Crippen molar-refractivity contribution in [1.29, 1.82) is 0 Å². The molecular formula is C20H38IN5OS. The van der Waals surface area contributed by atoms with Gasteiger partial charge in [-0.25, -0.2) is 4.98 Å². The SMILES string of the molecule is CCC(CC)C(CNC(=NC)NCCc1sc(C)nc1C)N1CCOCC1.I. The molecule has 1 saturated heterocycles. The third-order valence-electron chi connectivity index (χ3n) is 5.45. The normalized spacial score (nSPS) is 16.7. The number of aromatic nitrogens is 1. The predicted octanol–water partition coefficient (Wildman–Crippen LogP) is 3.22. The summed E-state index contributed by atoms with van der Waals surface area (Å²) in [5.41, 5.74) is 1.16. The molecule has 2 rings (SSSR count). The number of aliphatic imine (C=N–C) groups is 1. The zero-order chi connectivity index (χ0) is 19.6. The summed E-state index contributed by atoms with van der Waals surface area (Å²) in [7, 11) is 1.85. The van der Waals surface area contributed by atoms with E-state index in [2.05, 4.69) is 53.2 Å². The summed E-state index contributed by atoms with van der Waals surface area (Å²) < 4.78 is 5.55. The van der Waals surface area contributed by atoms with Crippen LogP contribution in [0.5, 0.6) is 0 Å². The van der Waals surface area contributed by atoms with Crippen LogP contribution < -0.4 is 10.6 Å². The monoisotopic (exact) mass is 523 g/mol. The molecule has 0 radical (unpaired) electrons. The van der Waals surface area contributed by atoms with Gasteiger partial charge in [-0.2, -0.15) is 0 Å². The molecule has 2 heterocycles. The number of nitrogens with zero attached hydrogens (tertiary/aromatic N) is 3. The maximum atomic E-state index is 5.55. The Hall–Kier alpha value is -0.450. The summed E-state index contributed by atoms with van der Waals surface area (Å²) in [4.78, 5) is 12.9. The van der Waals surface area contributed by atoms with Crippen LogP contribution >= 0.6 is 35.3 Å². The molecule has 0 aliphatic carbocycles. The minimum absolute atomic E-state index is 0. The Morgan fingerprint density at radius 1 is 1.21 bits per heavy atom. The van der Waals surface area contributed by atoms with Crippen LogP contribution in [0.4, 0.5) is 0 Å². The first kappa shape index (κ1) is 25.6. The van der Waals surface area contributed by atoms with Gasteiger partial charge >= 0.3 is 0 Å². The summed E-state index contributed by atoms with van der Waals surface area (Å²) in [6.07, 6.45) is 3.39. The van der Waals surface area contributed by atoms with E-state index in [0.29, 0.717) is 12.0 Å². The maximum absolute atomic E-state index is 5.55. The van der Waals surface area contributed by atoms with Gasteiger partial charge in [0.1, 0.15) is 0 Å². The Morgan fingerprint density at radius 3 is 2.43 bits per heavy atom. The lowest BCUT2D eigenvalue weighted by Gasteiger charge is -2.39. The fourth-order valence-electron chi connectivity index (χ4n) is 3.86. The van der Waals surface area contributed by atoms with Gasteiger partial charge in [0.25, 0.3) is 0 Å². The number of aryl methyl sites for hydroxylation is 2. The molecular weight excluding hydrogens is 485 g/mol. The summed E-state index contributed by atoms with van der Waals surface area (Å²) in [5.74, 6) is 1.58. The average molecular weight is 524 g/mol. The summed E-state index contributed by atoms with van der Waals surface area (Å²) in [6.45, 7) is 14.3. The van der Waals surface area contributed by atoms with E-state index in [-0.39, 0.29) is 24.0 Å². The van der Waals surface area contributed by atoms with E-state index >= 15 is 0 Å². The summed E-state index contributed by atoms with van der Waals surface area (Å²) in [6, 6.07) is 0.522. The van der Waals surface area contributed by atoms with Gasteiger partial charge in [-0.3, -0.25) is 9.89 Å². The van der Waals surface area contributed by atoms with Crippen LogP contribution in [0.2, 0.25) is 0 Å². The molecule has 1 aliphatic rings. The van der Waals surface area contributed by atoms with Crippen molar-refractivity contribution < 1.29 is 4.74 Å². The highest BCUT2D eigenvalue weighted by Crippen LogP contribution is 2.20. The summed E-state index contributed by atoms with van der Waals surface area (Å²) in [5, 5.41) is 8.17. The molecule has 1 unspecified atom stereocenters. The minimum Gasteiger partial charge on any atom is -0.379 e. The summed E-state index contributed by atoms with van der Waals surface area (Å²) >= 11 is 1.79. The quantitative estimate of drug-likeness (QED) is 0.296. The highest BCUT2D eigenvalue weighted by molar-refractivity contribution is 14.0. The largest absolute Gasteiger partial charge is 0.379 e. The molecule has 28 heavy (non-hydrogen) atoms. The van der Waals surface area contributed by atoms with Crippen molar-refractivity contribution in [2.75, 3.05) is 46.4 Å². The van der Waals surface area contributed by atoms with Crippen LogP contribution in [-0.4, -0.2) is 68.3 Å². The van der Waals surface area contributed by atoms with Crippen LogP contribution in [0.15, 0.2) is 4.99 Å². The number of nitrogens with one attached hydrogen (secondary N) is 2. The first-order valence-electron chi connectivity index (χ1n) is 10.3. The lowest BCUT2D eigenvalue weighted by Crippen LogP contribution is -2.53. The Bertz CT molecular complexity index is 585. The lowest BCUT2D eigenvalue weighted by atomic mass is 9.92. The van der Waals surface area contributed by atoms with Gasteiger partial charge in [0.2, 0.25) is 0 Å². The van der Waals surface area contributed by atoms with Crippen molar-refractivity contribution in [3.8, 4) is 0 Å². The number of rotatable bonds is 9. The van der Waals surface area contributed by atoms with Gasteiger partial charge in [-0.15, -0.1) is 35.3 Å². The molecule has 1 aromatic rings. The Morgan fingerprint density at radius 2 is 1.89 bits per heavy atom. The van der Waals surface area contributed by atoms with Gasteiger partial charge in [-0.1, -0.05) is 26.7 Å². The van der Waals surface area contributed by atoms with Crippen molar-refractivity contribution in [2.24, 2.45) is 10.9 Å². The van der Waals surface area contributed by atoms with E-state index in [4.69, 9.17) is 4.74 Å². The second kappa shape index (κ2) is 13.7. The third-order valence-corrected chi connectivity index (χ3v) is 6.59. The minimum atomic E-state index is 0. The standard InChI is InChI=1S/C20H37N5OS.HI/c1-6-17(7-2)18(25-10-12-26-13-11-25)14-23-20(21-5)22-9-8-19-15(3)24-16(4)27-19;/h17-18H,6-14H2,1-5H3,(H2,21,22,23);1H. The zero-order valence-corrected chi connectivity index (χ0v) is 21.2. The van der Waals surface area contributed by atoms with Gasteiger partial charge in [0, 0.05) is 50.6 Å². The van der Waals surface area contributed by atoms with Crippen LogP contribution in [0.3, 0.4) is 0 Å². The molecule has 0 aromatic carbocycles. The van der Waals surface area contributed by atoms with Gasteiger partial charge in [0.15, 0.2) is 5.96 Å². The number of thiazole rings is 1. The molecule has 1 atom stereocenters. The van der Waals surface area contributed by atoms with Crippen molar-refractivity contribution in [1.82, 2.24) is 20.5 Å². The molecule has 0 bridgehead atoms. The fraction of sp³-hybridized carbons (Fsp3) is 0.800. The van der Waals surface area contributed by atoms with E-state index < -0.39 is 0 Å². The highest BCUT2D eigenvalue weighted by atomic mass is 127. The average Bonchev–Trinajstić information content (AvgIpc) is 3.01. The van der Waals surface area contributed by atoms with Crippen molar-refractivity contribution in [2.45, 2.75) is 53.0 Å². The number of hydrogen-bond acceptors (Lipinski definition) is 5. The van der Waals surface area contributed by atoms with Crippen molar-refractivity contribution in [3.63, 3.8) is 0 Å². The molecule has 1 aliphatic heterocycles. The van der Waals surface area contributed by atoms with Crippen molar-refractivity contribution >= 4 is 41.3 Å². The van der Waals surface area contributed by atoms with Gasteiger partial charge < -0.3 is 15.4 Å². The zero-order valence-electron chi connectivity index (χ0n) is 18.1. The van der Waals surface area contributed by atoms with Gasteiger partial charge in [0.05, 0.1) is 23.9 Å². The first-order valence-corrected chi connectivity index (χ1v) is 11.1. The predicted molar refractivity (Wildman–Crippen MR) is 130 cm³/mol. The molecule has 162 valence electrons. The topological polar surface area (TPSA) is 61.8 Å². The van der Waals surface area contributed by atoms with Crippen LogP contribution in [0, 0.1) is 19.8 Å². The molecule has 2 N–H and O–H groups in total. The number of guanidine groups is 1. The van der Waals surface area contributed by atoms with E-state index in [1.807, 2.05) is 7.05 Å². The number of morpholine rings is 1. The van der Waals surface area contributed by atoms with E-state index in [9.17, 15) is 0 Å². The second-order valence-corrected chi connectivity index (χ2v) is 8.45. The Labute approximate surface area is 192 Å². The smallest absolute Gasteiger partial charge is 0.191 e. The Balaban J connectivity index is 0.00000392. The van der Waals surface area contributed by atoms with Gasteiger partial charge in [-0.05, 0) is 19.8 Å². The number of ether oxygens (including phenoxy) is 1. The van der Waals surface area contributed by atoms with E-state index in [0.717, 1.165) is 62.5 Å². The van der Waals surface area contributed by atoms with Crippen LogP contribution in [0.25, 0.3) is 0 Å². The molecule has 0 spiro atoms. The van der Waals surface area contributed by atoms with E-state index in [1.165, 1.54) is 17.7 Å². The molecule has 1 fully saturated rings. The second-order valence-electron chi connectivity index (χ2n) is 7.16. The molecule has 8 heteroatoms.